The zero-order chi connectivity index (χ0) is 13.9. The first kappa shape index (κ1) is 13.8. The third-order valence-corrected chi connectivity index (χ3v) is 4.35. The minimum Gasteiger partial charge on any atom is -0.476 e. The molecule has 1 atom stereocenters. The highest BCUT2D eigenvalue weighted by molar-refractivity contribution is 6.32. The van der Waals surface area contributed by atoms with Gasteiger partial charge in [0.05, 0.1) is 0 Å². The molecule has 1 aromatic rings. The van der Waals surface area contributed by atoms with Gasteiger partial charge < -0.3 is 5.11 Å². The van der Waals surface area contributed by atoms with Crippen LogP contribution >= 0.6 is 0 Å². The number of carboxylic acid groups (broad SMARTS) is 1. The third kappa shape index (κ3) is 2.70. The molecule has 0 amide bonds. The molecule has 0 spiro atoms. The molecule has 1 N–H and O–H groups in total. The number of rotatable bonds is 4. The summed E-state index contributed by atoms with van der Waals surface area (Å²) in [6.07, 6.45) is 5.02. The van der Waals surface area contributed by atoms with Crippen molar-refractivity contribution in [2.45, 2.75) is 50.9 Å². The molecule has 0 radical (unpaired) electrons. The highest BCUT2D eigenvalue weighted by atomic mass is 16.4. The standard InChI is InChI=1S/C16H20O3/c1-2-16(11-14(17)15(18)19)10-6-5-8-12-7-3-4-9-13(12)16/h3-4,7,9H,2,5-6,8,10-11H2,1H3,(H,18,19). The number of hydrogen-bond acceptors (Lipinski definition) is 2. The molecular formula is C16H20O3. The van der Waals surface area contributed by atoms with Gasteiger partial charge in [-0.1, -0.05) is 37.6 Å². The van der Waals surface area contributed by atoms with Gasteiger partial charge >= 0.3 is 5.97 Å². The number of carbonyl (C=O) groups is 2. The lowest BCUT2D eigenvalue weighted by molar-refractivity contribution is -0.149. The molecule has 19 heavy (non-hydrogen) atoms. The average molecular weight is 260 g/mol. The van der Waals surface area contributed by atoms with Crippen LogP contribution in [0.25, 0.3) is 0 Å². The Morgan fingerprint density at radius 1 is 1.26 bits per heavy atom. The van der Waals surface area contributed by atoms with Crippen LogP contribution in [-0.2, 0) is 21.4 Å². The molecular weight excluding hydrogens is 240 g/mol. The van der Waals surface area contributed by atoms with Crippen molar-refractivity contribution in [3.63, 3.8) is 0 Å². The Morgan fingerprint density at radius 2 is 2.00 bits per heavy atom. The first-order valence-electron chi connectivity index (χ1n) is 6.93. The summed E-state index contributed by atoms with van der Waals surface area (Å²) in [6.45, 7) is 2.05. The van der Waals surface area contributed by atoms with E-state index in [4.69, 9.17) is 5.11 Å². The predicted octanol–water partition coefficient (Wildman–Crippen LogP) is 3.10. The Morgan fingerprint density at radius 3 is 2.68 bits per heavy atom. The van der Waals surface area contributed by atoms with Crippen LogP contribution in [0.2, 0.25) is 0 Å². The maximum Gasteiger partial charge on any atom is 0.372 e. The Balaban J connectivity index is 2.43. The number of aliphatic carboxylic acids is 1. The van der Waals surface area contributed by atoms with Gasteiger partial charge in [-0.15, -0.1) is 0 Å². The highest BCUT2D eigenvalue weighted by Gasteiger charge is 2.37. The number of aryl methyl sites for hydroxylation is 1. The van der Waals surface area contributed by atoms with Crippen LogP contribution in [0.15, 0.2) is 24.3 Å². The first-order chi connectivity index (χ1) is 9.09. The zero-order valence-corrected chi connectivity index (χ0v) is 11.3. The lowest BCUT2D eigenvalue weighted by Gasteiger charge is -2.32. The van der Waals surface area contributed by atoms with Gasteiger partial charge in [0.1, 0.15) is 0 Å². The SMILES string of the molecule is CCC1(CC(=O)C(=O)O)CCCCc2ccccc21. The predicted molar refractivity (Wildman–Crippen MR) is 73.2 cm³/mol. The quantitative estimate of drug-likeness (QED) is 0.668. The summed E-state index contributed by atoms with van der Waals surface area (Å²) in [5.74, 6) is -1.98. The molecule has 1 aliphatic rings. The van der Waals surface area contributed by atoms with Crippen LogP contribution in [0.4, 0.5) is 0 Å². The average Bonchev–Trinajstić information content (AvgIpc) is 2.59. The lowest BCUT2D eigenvalue weighted by Crippen LogP contribution is -2.31. The molecule has 3 heteroatoms. The van der Waals surface area contributed by atoms with E-state index >= 15 is 0 Å². The van der Waals surface area contributed by atoms with Gasteiger partial charge in [0.25, 0.3) is 0 Å². The number of hydrogen-bond donors (Lipinski definition) is 1. The summed E-state index contributed by atoms with van der Waals surface area (Å²) in [5, 5.41) is 8.89. The Kier molecular flexibility index (Phi) is 4.03. The minimum atomic E-state index is -1.31. The van der Waals surface area contributed by atoms with Gasteiger partial charge in [0, 0.05) is 11.8 Å². The zero-order valence-electron chi connectivity index (χ0n) is 11.3. The summed E-state index contributed by atoms with van der Waals surface area (Å²) in [4.78, 5) is 22.6. The second kappa shape index (κ2) is 5.55. The number of fused-ring (bicyclic) bond motifs is 1. The highest BCUT2D eigenvalue weighted by Crippen LogP contribution is 2.41. The lowest BCUT2D eigenvalue weighted by atomic mass is 9.70. The van der Waals surface area contributed by atoms with Crippen LogP contribution in [0.5, 0.6) is 0 Å². The van der Waals surface area contributed by atoms with Crippen LogP contribution in [0.3, 0.4) is 0 Å². The minimum absolute atomic E-state index is 0.121. The normalized spacial score (nSPS) is 22.4. The summed E-state index contributed by atoms with van der Waals surface area (Å²) < 4.78 is 0. The van der Waals surface area contributed by atoms with Crippen LogP contribution in [0.1, 0.15) is 50.2 Å². The molecule has 1 unspecified atom stereocenters. The molecule has 3 nitrogen and oxygen atoms in total. The molecule has 2 rings (SSSR count). The Labute approximate surface area is 113 Å². The molecule has 0 saturated carbocycles. The van der Waals surface area contributed by atoms with Gasteiger partial charge in [0.2, 0.25) is 5.78 Å². The maximum atomic E-state index is 11.7. The van der Waals surface area contributed by atoms with Crippen LogP contribution < -0.4 is 0 Å². The molecule has 0 bridgehead atoms. The molecule has 0 aliphatic heterocycles. The van der Waals surface area contributed by atoms with E-state index in [1.807, 2.05) is 12.1 Å². The van der Waals surface area contributed by atoms with E-state index in [9.17, 15) is 9.59 Å². The van der Waals surface area contributed by atoms with Gasteiger partial charge in [-0.3, -0.25) is 4.79 Å². The Bertz CT molecular complexity index is 493. The fourth-order valence-electron chi connectivity index (χ4n) is 3.23. The number of carbonyl (C=O) groups excluding carboxylic acids is 1. The van der Waals surface area contributed by atoms with Crippen molar-refractivity contribution in [1.82, 2.24) is 0 Å². The molecule has 0 saturated heterocycles. The number of benzene rings is 1. The van der Waals surface area contributed by atoms with E-state index in [2.05, 4.69) is 19.1 Å². The first-order valence-corrected chi connectivity index (χ1v) is 6.93. The molecule has 0 fully saturated rings. The topological polar surface area (TPSA) is 54.4 Å². The van der Waals surface area contributed by atoms with Gasteiger partial charge in [-0.2, -0.15) is 0 Å². The third-order valence-electron chi connectivity index (χ3n) is 4.35. The fourth-order valence-corrected chi connectivity index (χ4v) is 3.23. The van der Waals surface area contributed by atoms with Crippen LogP contribution in [0, 0.1) is 0 Å². The molecule has 0 heterocycles. The largest absolute Gasteiger partial charge is 0.476 e. The van der Waals surface area contributed by atoms with E-state index in [0.717, 1.165) is 32.1 Å². The van der Waals surface area contributed by atoms with E-state index in [1.165, 1.54) is 11.1 Å². The van der Waals surface area contributed by atoms with Crippen molar-refractivity contribution in [3.05, 3.63) is 35.4 Å². The van der Waals surface area contributed by atoms with Crippen molar-refractivity contribution >= 4 is 11.8 Å². The van der Waals surface area contributed by atoms with E-state index < -0.39 is 11.8 Å². The van der Waals surface area contributed by atoms with Gasteiger partial charge in [-0.05, 0) is 36.8 Å². The Hall–Kier alpha value is -1.64. The fraction of sp³-hybridized carbons (Fsp3) is 0.500. The monoisotopic (exact) mass is 260 g/mol. The van der Waals surface area contributed by atoms with E-state index in [0.29, 0.717) is 0 Å². The van der Waals surface area contributed by atoms with Gasteiger partial charge in [0.15, 0.2) is 0 Å². The number of Topliss-reactive ketones (excluding diaryl/α,β-unsaturated/α-hetero) is 1. The number of carboxylic acids is 1. The molecule has 1 aromatic carbocycles. The van der Waals surface area contributed by atoms with Crippen molar-refractivity contribution in [2.75, 3.05) is 0 Å². The van der Waals surface area contributed by atoms with Crippen molar-refractivity contribution in [2.24, 2.45) is 0 Å². The summed E-state index contributed by atoms with van der Waals surface area (Å²) >= 11 is 0. The number of ketones is 1. The van der Waals surface area contributed by atoms with Crippen molar-refractivity contribution < 1.29 is 14.7 Å². The van der Waals surface area contributed by atoms with Crippen LogP contribution in [-0.4, -0.2) is 16.9 Å². The molecule has 0 aromatic heterocycles. The van der Waals surface area contributed by atoms with Crippen molar-refractivity contribution in [3.8, 4) is 0 Å². The van der Waals surface area contributed by atoms with E-state index in [-0.39, 0.29) is 11.8 Å². The smallest absolute Gasteiger partial charge is 0.372 e. The maximum absolute atomic E-state index is 11.7. The second-order valence-corrected chi connectivity index (χ2v) is 5.40. The van der Waals surface area contributed by atoms with Gasteiger partial charge in [-0.25, -0.2) is 4.79 Å². The summed E-state index contributed by atoms with van der Waals surface area (Å²) in [6, 6.07) is 8.18. The molecule has 102 valence electrons. The van der Waals surface area contributed by atoms with E-state index in [1.54, 1.807) is 0 Å². The summed E-state index contributed by atoms with van der Waals surface area (Å²) in [5.41, 5.74) is 2.17. The molecule has 1 aliphatic carbocycles. The summed E-state index contributed by atoms with van der Waals surface area (Å²) in [7, 11) is 0. The second-order valence-electron chi connectivity index (χ2n) is 5.40. The van der Waals surface area contributed by atoms with Crippen molar-refractivity contribution in [1.29, 1.82) is 0 Å².